The number of hydrogen-bond donors (Lipinski definition) is 1. The lowest BCUT2D eigenvalue weighted by molar-refractivity contribution is 0.214. The third-order valence-electron chi connectivity index (χ3n) is 2.30. The molecule has 2 rings (SSSR count). The lowest BCUT2D eigenvalue weighted by Gasteiger charge is -2.12. The van der Waals surface area contributed by atoms with E-state index < -0.39 is 11.9 Å². The topological polar surface area (TPSA) is 33.4 Å². The molecule has 0 fully saturated rings. The Labute approximate surface area is 115 Å². The van der Waals surface area contributed by atoms with Crippen molar-refractivity contribution in [3.8, 4) is 0 Å². The van der Waals surface area contributed by atoms with Crippen molar-refractivity contribution in [2.45, 2.75) is 6.10 Å². The second-order valence-electron chi connectivity index (χ2n) is 3.32. The van der Waals surface area contributed by atoms with Gasteiger partial charge >= 0.3 is 0 Å². The van der Waals surface area contributed by atoms with Gasteiger partial charge in [0.1, 0.15) is 11.9 Å². The van der Waals surface area contributed by atoms with Crippen LogP contribution in [0.2, 0.25) is 10.2 Å². The predicted octanol–water partition coefficient (Wildman–Crippen LogP) is 4.57. The first-order valence-electron chi connectivity index (χ1n) is 4.56. The fourth-order valence-corrected chi connectivity index (χ4v) is 2.11. The van der Waals surface area contributed by atoms with E-state index in [0.29, 0.717) is 10.0 Å². The van der Waals surface area contributed by atoms with Gasteiger partial charge in [-0.3, -0.25) is 0 Å². The molecule has 0 spiro atoms. The molecule has 0 amide bonds. The minimum atomic E-state index is -1.22. The van der Waals surface area contributed by atoms with Crippen LogP contribution < -0.4 is 0 Å². The Morgan fingerprint density at radius 3 is 2.53 bits per heavy atom. The maximum atomic E-state index is 13.8. The van der Waals surface area contributed by atoms with Crippen LogP contribution in [-0.4, -0.2) is 5.11 Å². The number of rotatable bonds is 2. The molecule has 0 aliphatic carbocycles. The minimum absolute atomic E-state index is 0.0240. The number of furan rings is 1. The van der Waals surface area contributed by atoms with Crippen molar-refractivity contribution < 1.29 is 13.9 Å². The van der Waals surface area contributed by atoms with Gasteiger partial charge in [0.25, 0.3) is 0 Å². The highest BCUT2D eigenvalue weighted by atomic mass is 79.9. The summed E-state index contributed by atoms with van der Waals surface area (Å²) < 4.78 is 19.1. The Balaban J connectivity index is 2.48. The fraction of sp³-hybridized carbons (Fsp3) is 0.0909. The molecule has 2 aromatic rings. The molecule has 1 aromatic carbocycles. The van der Waals surface area contributed by atoms with Crippen molar-refractivity contribution in [2.75, 3.05) is 0 Å². The van der Waals surface area contributed by atoms with Gasteiger partial charge in [-0.25, -0.2) is 4.39 Å². The third kappa shape index (κ3) is 2.36. The molecule has 1 atom stereocenters. The Hall–Kier alpha value is -0.550. The predicted molar refractivity (Wildman–Crippen MR) is 66.9 cm³/mol. The van der Waals surface area contributed by atoms with Gasteiger partial charge in [0, 0.05) is 15.6 Å². The zero-order chi connectivity index (χ0) is 12.6. The summed E-state index contributed by atoms with van der Waals surface area (Å²) >= 11 is 14.5. The van der Waals surface area contributed by atoms with E-state index in [1.807, 2.05) is 0 Å². The summed E-state index contributed by atoms with van der Waals surface area (Å²) in [6.45, 7) is 0. The van der Waals surface area contributed by atoms with Crippen molar-refractivity contribution in [2.24, 2.45) is 0 Å². The molecule has 1 aromatic heterocycles. The Kier molecular flexibility index (Phi) is 3.78. The molecule has 6 heteroatoms. The van der Waals surface area contributed by atoms with Gasteiger partial charge in [0.2, 0.25) is 0 Å². The lowest BCUT2D eigenvalue weighted by atomic mass is 10.0. The zero-order valence-electron chi connectivity index (χ0n) is 8.25. The van der Waals surface area contributed by atoms with Crippen LogP contribution in [0.3, 0.4) is 0 Å². The van der Waals surface area contributed by atoms with Crippen molar-refractivity contribution in [1.82, 2.24) is 0 Å². The summed E-state index contributed by atoms with van der Waals surface area (Å²) in [5.74, 6) is -0.689. The second kappa shape index (κ2) is 4.98. The zero-order valence-corrected chi connectivity index (χ0v) is 11.4. The summed E-state index contributed by atoms with van der Waals surface area (Å²) in [5.41, 5.74) is 0.338. The van der Waals surface area contributed by atoms with Gasteiger partial charge in [-0.2, -0.15) is 0 Å². The van der Waals surface area contributed by atoms with Crippen LogP contribution in [0.1, 0.15) is 17.2 Å². The maximum absolute atomic E-state index is 13.8. The van der Waals surface area contributed by atoms with Gasteiger partial charge < -0.3 is 9.52 Å². The van der Waals surface area contributed by atoms with E-state index in [9.17, 15) is 9.50 Å². The van der Waals surface area contributed by atoms with Crippen molar-refractivity contribution in [1.29, 1.82) is 0 Å². The average Bonchev–Trinajstić information content (AvgIpc) is 2.72. The first-order valence-corrected chi connectivity index (χ1v) is 6.11. The van der Waals surface area contributed by atoms with Crippen molar-refractivity contribution in [3.63, 3.8) is 0 Å². The molecule has 0 saturated heterocycles. The van der Waals surface area contributed by atoms with E-state index in [4.69, 9.17) is 27.6 Å². The van der Waals surface area contributed by atoms with Gasteiger partial charge in [-0.15, -0.1) is 0 Å². The van der Waals surface area contributed by atoms with Gasteiger partial charge in [-0.05, 0) is 39.7 Å². The number of halogens is 4. The largest absolute Gasteiger partial charge is 0.453 e. The standard InChI is InChI=1S/C11H6BrCl2FO2/c12-7-2-1-5(9(15)8(7)13)10(16)6-3-4-17-11(6)14/h1-4,10,16H. The van der Waals surface area contributed by atoms with Crippen LogP contribution in [0, 0.1) is 5.82 Å². The van der Waals surface area contributed by atoms with E-state index in [-0.39, 0.29) is 15.8 Å². The SMILES string of the molecule is OC(c1ccoc1Cl)c1ccc(Br)c(Cl)c1F. The van der Waals surface area contributed by atoms with Crippen LogP contribution in [0.5, 0.6) is 0 Å². The van der Waals surface area contributed by atoms with E-state index in [2.05, 4.69) is 15.9 Å². The highest BCUT2D eigenvalue weighted by Crippen LogP contribution is 2.35. The van der Waals surface area contributed by atoms with E-state index in [0.717, 1.165) is 0 Å². The molecule has 0 saturated carbocycles. The molecule has 0 aliphatic rings. The smallest absolute Gasteiger partial charge is 0.199 e. The van der Waals surface area contributed by atoms with Crippen molar-refractivity contribution in [3.05, 3.63) is 56.1 Å². The summed E-state index contributed by atoms with van der Waals surface area (Å²) in [6.07, 6.45) is 0.103. The van der Waals surface area contributed by atoms with Crippen LogP contribution in [0.4, 0.5) is 4.39 Å². The number of aliphatic hydroxyl groups excluding tert-OH is 1. The van der Waals surface area contributed by atoms with E-state index >= 15 is 0 Å². The van der Waals surface area contributed by atoms with Crippen LogP contribution in [0.15, 0.2) is 33.4 Å². The minimum Gasteiger partial charge on any atom is -0.453 e. The van der Waals surface area contributed by atoms with E-state index in [1.54, 1.807) is 6.07 Å². The second-order valence-corrected chi connectivity index (χ2v) is 4.89. The molecule has 1 unspecified atom stereocenters. The third-order valence-corrected chi connectivity index (χ3v) is 3.87. The summed E-state index contributed by atoms with van der Waals surface area (Å²) in [7, 11) is 0. The highest BCUT2D eigenvalue weighted by molar-refractivity contribution is 9.10. The number of hydrogen-bond acceptors (Lipinski definition) is 2. The molecule has 0 bridgehead atoms. The average molecular weight is 340 g/mol. The Bertz CT molecular complexity index is 556. The molecule has 17 heavy (non-hydrogen) atoms. The normalized spacial score (nSPS) is 12.8. The van der Waals surface area contributed by atoms with Crippen LogP contribution >= 0.6 is 39.1 Å². The summed E-state index contributed by atoms with van der Waals surface area (Å²) in [5, 5.41) is 9.94. The first kappa shape index (κ1) is 12.9. The number of aliphatic hydroxyl groups is 1. The molecule has 0 aliphatic heterocycles. The van der Waals surface area contributed by atoms with Crippen LogP contribution in [-0.2, 0) is 0 Å². The van der Waals surface area contributed by atoms with E-state index in [1.165, 1.54) is 18.4 Å². The monoisotopic (exact) mass is 338 g/mol. The highest BCUT2D eigenvalue weighted by Gasteiger charge is 2.21. The van der Waals surface area contributed by atoms with Crippen molar-refractivity contribution >= 4 is 39.1 Å². The molecule has 2 nitrogen and oxygen atoms in total. The Morgan fingerprint density at radius 1 is 1.24 bits per heavy atom. The summed E-state index contributed by atoms with van der Waals surface area (Å²) in [4.78, 5) is 0. The Morgan fingerprint density at radius 2 is 1.94 bits per heavy atom. The molecular weight excluding hydrogens is 334 g/mol. The first-order chi connectivity index (χ1) is 8.02. The maximum Gasteiger partial charge on any atom is 0.199 e. The van der Waals surface area contributed by atoms with Gasteiger partial charge in [-0.1, -0.05) is 17.7 Å². The fourth-order valence-electron chi connectivity index (χ4n) is 1.42. The van der Waals surface area contributed by atoms with Crippen LogP contribution in [0.25, 0.3) is 0 Å². The molecule has 0 radical (unpaired) electrons. The van der Waals surface area contributed by atoms with Gasteiger partial charge in [0.05, 0.1) is 11.3 Å². The number of benzene rings is 1. The molecule has 90 valence electrons. The lowest BCUT2D eigenvalue weighted by Crippen LogP contribution is -2.02. The summed E-state index contributed by atoms with van der Waals surface area (Å²) in [6, 6.07) is 4.46. The molecule has 1 heterocycles. The van der Waals surface area contributed by atoms with Gasteiger partial charge in [0.15, 0.2) is 5.22 Å². The quantitative estimate of drug-likeness (QED) is 0.813. The molecular formula is C11H6BrCl2FO2. The molecule has 1 N–H and O–H groups in total.